The predicted molar refractivity (Wildman–Crippen MR) is 107 cm³/mol. The summed E-state index contributed by atoms with van der Waals surface area (Å²) in [5.41, 5.74) is 1.60. The highest BCUT2D eigenvalue weighted by Crippen LogP contribution is 2.41. The first-order chi connectivity index (χ1) is 12.9. The average Bonchev–Trinajstić information content (AvgIpc) is 3.16. The second-order valence-electron chi connectivity index (χ2n) is 7.82. The van der Waals surface area contributed by atoms with Crippen molar-refractivity contribution in [1.82, 2.24) is 15.5 Å². The van der Waals surface area contributed by atoms with Gasteiger partial charge in [0.2, 0.25) is 5.91 Å². The summed E-state index contributed by atoms with van der Waals surface area (Å²) in [5, 5.41) is 6.25. The number of rotatable bonds is 6. The molecule has 0 bridgehead atoms. The van der Waals surface area contributed by atoms with E-state index < -0.39 is 14.6 Å². The number of amides is 1. The normalized spacial score (nSPS) is 20.5. The number of aryl methyl sites for hydroxylation is 2. The third-order valence-electron chi connectivity index (χ3n) is 5.90. The Morgan fingerprint density at radius 2 is 1.85 bits per heavy atom. The van der Waals surface area contributed by atoms with Crippen LogP contribution in [0.1, 0.15) is 36.8 Å². The number of hydrogen-bond donors (Lipinski definition) is 2. The van der Waals surface area contributed by atoms with Crippen molar-refractivity contribution >= 4 is 15.7 Å². The number of hydrogen-bond acceptors (Lipinski definition) is 5. The molecule has 3 rings (SSSR count). The molecule has 27 heavy (non-hydrogen) atoms. The number of benzene rings is 1. The van der Waals surface area contributed by atoms with Crippen LogP contribution in [0.5, 0.6) is 0 Å². The lowest BCUT2D eigenvalue weighted by molar-refractivity contribution is -0.123. The first-order valence-electron chi connectivity index (χ1n) is 9.90. The Kier molecular flexibility index (Phi) is 6.23. The van der Waals surface area contributed by atoms with E-state index in [4.69, 9.17) is 0 Å². The molecule has 6 nitrogen and oxygen atoms in total. The molecule has 1 amide bonds. The Hall–Kier alpha value is -1.44. The fourth-order valence-corrected chi connectivity index (χ4v) is 6.59. The number of sulfone groups is 1. The highest BCUT2D eigenvalue weighted by molar-refractivity contribution is 7.93. The Labute approximate surface area is 162 Å². The Morgan fingerprint density at radius 3 is 2.52 bits per heavy atom. The Bertz CT molecular complexity index is 780. The van der Waals surface area contributed by atoms with Crippen LogP contribution in [0.2, 0.25) is 0 Å². The largest absolute Gasteiger partial charge is 0.353 e. The molecule has 0 radical (unpaired) electrons. The first kappa shape index (κ1) is 20.3. The van der Waals surface area contributed by atoms with Crippen LogP contribution in [0.25, 0.3) is 0 Å². The van der Waals surface area contributed by atoms with E-state index >= 15 is 0 Å². The molecular formula is C20H31N3O3S. The zero-order valence-corrected chi connectivity index (χ0v) is 17.2. The van der Waals surface area contributed by atoms with Gasteiger partial charge in [0, 0.05) is 39.3 Å². The lowest BCUT2D eigenvalue weighted by Crippen LogP contribution is -2.53. The minimum atomic E-state index is -3.74. The minimum absolute atomic E-state index is 0.307. The Balaban J connectivity index is 1.78. The van der Waals surface area contributed by atoms with Crippen LogP contribution in [-0.2, 0) is 14.6 Å². The summed E-state index contributed by atoms with van der Waals surface area (Å²) in [6, 6.07) is 5.44. The lowest BCUT2D eigenvalue weighted by Gasteiger charge is -2.30. The van der Waals surface area contributed by atoms with Gasteiger partial charge in [0.25, 0.3) is 0 Å². The van der Waals surface area contributed by atoms with Crippen molar-refractivity contribution in [3.8, 4) is 0 Å². The molecule has 0 unspecified atom stereocenters. The summed E-state index contributed by atoms with van der Waals surface area (Å²) in [6.07, 6.45) is 2.36. The molecule has 2 N–H and O–H groups in total. The van der Waals surface area contributed by atoms with Gasteiger partial charge in [-0.3, -0.25) is 9.69 Å². The van der Waals surface area contributed by atoms with Crippen molar-refractivity contribution in [3.63, 3.8) is 0 Å². The van der Waals surface area contributed by atoms with E-state index in [-0.39, 0.29) is 5.91 Å². The number of nitrogens with zero attached hydrogens (tertiary/aromatic N) is 1. The summed E-state index contributed by atoms with van der Waals surface area (Å²) in [7, 11) is -3.74. The molecule has 0 spiro atoms. The second kappa shape index (κ2) is 8.29. The van der Waals surface area contributed by atoms with E-state index in [0.717, 1.165) is 51.1 Å². The molecule has 1 saturated heterocycles. The molecule has 150 valence electrons. The maximum absolute atomic E-state index is 13.6. The quantitative estimate of drug-likeness (QED) is 0.764. The van der Waals surface area contributed by atoms with E-state index in [1.165, 1.54) is 0 Å². The fourth-order valence-electron chi connectivity index (χ4n) is 4.19. The van der Waals surface area contributed by atoms with Gasteiger partial charge in [-0.25, -0.2) is 8.42 Å². The van der Waals surface area contributed by atoms with Crippen LogP contribution in [0.3, 0.4) is 0 Å². The van der Waals surface area contributed by atoms with Gasteiger partial charge >= 0.3 is 0 Å². The third-order valence-corrected chi connectivity index (χ3v) is 8.54. The van der Waals surface area contributed by atoms with Crippen LogP contribution in [0, 0.1) is 13.8 Å². The van der Waals surface area contributed by atoms with E-state index in [2.05, 4.69) is 15.5 Å². The second-order valence-corrected chi connectivity index (χ2v) is 10.0. The average molecular weight is 394 g/mol. The first-order valence-corrected chi connectivity index (χ1v) is 11.4. The van der Waals surface area contributed by atoms with Crippen LogP contribution in [0.4, 0.5) is 0 Å². The zero-order chi connectivity index (χ0) is 19.5. The number of nitrogens with one attached hydrogen (secondary N) is 2. The van der Waals surface area contributed by atoms with Crippen molar-refractivity contribution < 1.29 is 13.2 Å². The summed E-state index contributed by atoms with van der Waals surface area (Å²) >= 11 is 0. The van der Waals surface area contributed by atoms with Gasteiger partial charge in [0.1, 0.15) is 0 Å². The summed E-state index contributed by atoms with van der Waals surface area (Å²) in [5.74, 6) is -0.323. The van der Waals surface area contributed by atoms with Gasteiger partial charge in [-0.1, -0.05) is 25.0 Å². The van der Waals surface area contributed by atoms with Crippen LogP contribution in [-0.4, -0.2) is 63.2 Å². The molecule has 1 saturated carbocycles. The van der Waals surface area contributed by atoms with Crippen molar-refractivity contribution in [2.24, 2.45) is 0 Å². The van der Waals surface area contributed by atoms with Gasteiger partial charge in [-0.05, 0) is 43.9 Å². The third kappa shape index (κ3) is 4.05. The maximum Gasteiger partial charge on any atom is 0.241 e. The number of piperazine rings is 1. The standard InChI is InChI=1S/C20H31N3O3S/c1-16-5-6-17(2)18(15-16)27(25,26)20(7-3-4-8-20)19(24)22-11-14-23-12-9-21-10-13-23/h5-6,15,21H,3-4,7-14H2,1-2H3,(H,22,24). The molecular weight excluding hydrogens is 362 g/mol. The highest BCUT2D eigenvalue weighted by Gasteiger charge is 2.53. The van der Waals surface area contributed by atoms with Crippen LogP contribution >= 0.6 is 0 Å². The van der Waals surface area contributed by atoms with E-state index in [0.29, 0.717) is 29.8 Å². The minimum Gasteiger partial charge on any atom is -0.353 e. The lowest BCUT2D eigenvalue weighted by atomic mass is 10.1. The zero-order valence-electron chi connectivity index (χ0n) is 16.4. The van der Waals surface area contributed by atoms with Crippen LogP contribution < -0.4 is 10.6 Å². The molecule has 1 heterocycles. The molecule has 2 fully saturated rings. The summed E-state index contributed by atoms with van der Waals surface area (Å²) in [4.78, 5) is 15.7. The van der Waals surface area contributed by atoms with Crippen LogP contribution in [0.15, 0.2) is 23.1 Å². The van der Waals surface area contributed by atoms with Gasteiger partial charge in [-0.15, -0.1) is 0 Å². The van der Waals surface area contributed by atoms with Crippen molar-refractivity contribution in [3.05, 3.63) is 29.3 Å². The summed E-state index contributed by atoms with van der Waals surface area (Å²) in [6.45, 7) is 8.77. The highest BCUT2D eigenvalue weighted by atomic mass is 32.2. The Morgan fingerprint density at radius 1 is 1.19 bits per heavy atom. The predicted octanol–water partition coefficient (Wildman–Crippen LogP) is 1.41. The van der Waals surface area contributed by atoms with Gasteiger partial charge < -0.3 is 10.6 Å². The van der Waals surface area contributed by atoms with Gasteiger partial charge in [0.15, 0.2) is 14.6 Å². The molecule has 0 aromatic heterocycles. The molecule has 1 aliphatic carbocycles. The molecule has 7 heteroatoms. The van der Waals surface area contributed by atoms with E-state index in [9.17, 15) is 13.2 Å². The molecule has 0 atom stereocenters. The molecule has 1 aliphatic heterocycles. The number of carbonyl (C=O) groups is 1. The monoisotopic (exact) mass is 393 g/mol. The van der Waals surface area contributed by atoms with Crippen molar-refractivity contribution in [1.29, 1.82) is 0 Å². The van der Waals surface area contributed by atoms with E-state index in [1.807, 2.05) is 19.1 Å². The smallest absolute Gasteiger partial charge is 0.241 e. The van der Waals surface area contributed by atoms with Gasteiger partial charge in [0.05, 0.1) is 4.90 Å². The SMILES string of the molecule is Cc1ccc(C)c(S(=O)(=O)C2(C(=O)NCCN3CCNCC3)CCCC2)c1. The van der Waals surface area contributed by atoms with E-state index in [1.54, 1.807) is 13.0 Å². The molecule has 2 aliphatic rings. The molecule has 1 aromatic rings. The van der Waals surface area contributed by atoms with Crippen molar-refractivity contribution in [2.75, 3.05) is 39.3 Å². The van der Waals surface area contributed by atoms with Crippen molar-refractivity contribution in [2.45, 2.75) is 49.2 Å². The summed E-state index contributed by atoms with van der Waals surface area (Å²) < 4.78 is 25.8. The fraction of sp³-hybridized carbons (Fsp3) is 0.650. The van der Waals surface area contributed by atoms with Gasteiger partial charge in [-0.2, -0.15) is 0 Å². The topological polar surface area (TPSA) is 78.5 Å². The molecule has 1 aromatic carbocycles. The maximum atomic E-state index is 13.6. The number of carbonyl (C=O) groups excluding carboxylic acids is 1.